The van der Waals surface area contributed by atoms with Crippen molar-refractivity contribution in [3.63, 3.8) is 0 Å². The van der Waals surface area contributed by atoms with Gasteiger partial charge in [0.2, 0.25) is 0 Å². The lowest BCUT2D eigenvalue weighted by molar-refractivity contribution is 0.0948. The van der Waals surface area contributed by atoms with Crippen molar-refractivity contribution < 1.29 is 14.9 Å². The Bertz CT molecular complexity index is 768. The molecule has 23 heavy (non-hydrogen) atoms. The first-order valence-electron chi connectivity index (χ1n) is 7.74. The second-order valence-corrected chi connectivity index (χ2v) is 5.59. The standard InChI is InChI=1S/C20H20O3/c21-13-18(22)12-17-11-10-16-8-4-5-9-19(16)20(17)23-14-15-6-2-1-3-7-15/h1-11,18,21-22H,12-14H2/t18-/m0/s1. The Morgan fingerprint density at radius 3 is 2.39 bits per heavy atom. The summed E-state index contributed by atoms with van der Waals surface area (Å²) in [6.45, 7) is 0.210. The first kappa shape index (κ1) is 15.5. The third-order valence-electron chi connectivity index (χ3n) is 3.85. The van der Waals surface area contributed by atoms with Crippen LogP contribution in [0.2, 0.25) is 0 Å². The van der Waals surface area contributed by atoms with Crippen LogP contribution in [0, 0.1) is 0 Å². The van der Waals surface area contributed by atoms with Gasteiger partial charge >= 0.3 is 0 Å². The maximum atomic E-state index is 9.79. The molecule has 2 N–H and O–H groups in total. The van der Waals surface area contributed by atoms with Crippen molar-refractivity contribution in [2.24, 2.45) is 0 Å². The maximum absolute atomic E-state index is 9.79. The fraction of sp³-hybridized carbons (Fsp3) is 0.200. The largest absolute Gasteiger partial charge is 0.488 e. The first-order chi connectivity index (χ1) is 11.3. The van der Waals surface area contributed by atoms with Crippen LogP contribution in [0.4, 0.5) is 0 Å². The molecule has 0 aliphatic rings. The van der Waals surface area contributed by atoms with Gasteiger partial charge in [-0.2, -0.15) is 0 Å². The Morgan fingerprint density at radius 1 is 0.870 bits per heavy atom. The van der Waals surface area contributed by atoms with Gasteiger partial charge in [-0.1, -0.05) is 66.7 Å². The minimum absolute atomic E-state index is 0.259. The number of fused-ring (bicyclic) bond motifs is 1. The minimum atomic E-state index is -0.782. The Balaban J connectivity index is 1.95. The van der Waals surface area contributed by atoms with Crippen molar-refractivity contribution in [1.29, 1.82) is 0 Å². The summed E-state index contributed by atoms with van der Waals surface area (Å²) in [6.07, 6.45) is -0.416. The van der Waals surface area contributed by atoms with Crippen molar-refractivity contribution in [2.45, 2.75) is 19.1 Å². The molecule has 3 heteroatoms. The van der Waals surface area contributed by atoms with Gasteiger partial charge in [0.1, 0.15) is 12.4 Å². The number of rotatable bonds is 6. The van der Waals surface area contributed by atoms with Crippen LogP contribution < -0.4 is 4.74 Å². The molecule has 0 spiro atoms. The molecular weight excluding hydrogens is 288 g/mol. The lowest BCUT2D eigenvalue weighted by Gasteiger charge is -2.16. The highest BCUT2D eigenvalue weighted by Crippen LogP contribution is 2.31. The molecule has 3 aromatic rings. The Hall–Kier alpha value is -2.36. The van der Waals surface area contributed by atoms with Crippen LogP contribution in [-0.4, -0.2) is 22.9 Å². The summed E-state index contributed by atoms with van der Waals surface area (Å²) in [5.41, 5.74) is 2.00. The molecule has 0 aliphatic heterocycles. The first-order valence-corrected chi connectivity index (χ1v) is 7.74. The van der Waals surface area contributed by atoms with Gasteiger partial charge in [0, 0.05) is 11.8 Å². The molecule has 118 valence electrons. The number of ether oxygens (including phenoxy) is 1. The van der Waals surface area contributed by atoms with E-state index in [1.54, 1.807) is 0 Å². The Morgan fingerprint density at radius 2 is 1.61 bits per heavy atom. The predicted octanol–water partition coefficient (Wildman–Crippen LogP) is 3.31. The van der Waals surface area contributed by atoms with E-state index >= 15 is 0 Å². The second-order valence-electron chi connectivity index (χ2n) is 5.59. The number of benzene rings is 3. The molecule has 3 nitrogen and oxygen atoms in total. The van der Waals surface area contributed by atoms with Gasteiger partial charge < -0.3 is 14.9 Å². The molecular formula is C20H20O3. The summed E-state index contributed by atoms with van der Waals surface area (Å²) in [7, 11) is 0. The van der Waals surface area contributed by atoms with Crippen LogP contribution in [0.25, 0.3) is 10.8 Å². The number of aliphatic hydroxyl groups is 2. The van der Waals surface area contributed by atoms with E-state index < -0.39 is 6.10 Å². The predicted molar refractivity (Wildman–Crippen MR) is 91.5 cm³/mol. The summed E-state index contributed by atoms with van der Waals surface area (Å²) in [5, 5.41) is 21.0. The van der Waals surface area contributed by atoms with E-state index in [0.29, 0.717) is 13.0 Å². The summed E-state index contributed by atoms with van der Waals surface area (Å²) < 4.78 is 6.09. The van der Waals surface area contributed by atoms with Gasteiger partial charge in [0.25, 0.3) is 0 Å². The van der Waals surface area contributed by atoms with E-state index in [0.717, 1.165) is 27.6 Å². The number of aliphatic hydroxyl groups excluding tert-OH is 2. The fourth-order valence-corrected chi connectivity index (χ4v) is 2.67. The highest BCUT2D eigenvalue weighted by atomic mass is 16.5. The molecule has 0 amide bonds. The van der Waals surface area contributed by atoms with E-state index in [1.165, 1.54) is 0 Å². The number of hydrogen-bond acceptors (Lipinski definition) is 3. The summed E-state index contributed by atoms with van der Waals surface area (Å²) in [5.74, 6) is 0.777. The van der Waals surface area contributed by atoms with Crippen molar-refractivity contribution in [1.82, 2.24) is 0 Å². The summed E-state index contributed by atoms with van der Waals surface area (Å²) >= 11 is 0. The van der Waals surface area contributed by atoms with E-state index in [2.05, 4.69) is 0 Å². The molecule has 0 bridgehead atoms. The van der Waals surface area contributed by atoms with Crippen molar-refractivity contribution >= 4 is 10.8 Å². The quantitative estimate of drug-likeness (QED) is 0.734. The maximum Gasteiger partial charge on any atom is 0.130 e. The zero-order valence-corrected chi connectivity index (χ0v) is 12.9. The zero-order chi connectivity index (χ0) is 16.1. The van der Waals surface area contributed by atoms with Crippen LogP contribution in [0.1, 0.15) is 11.1 Å². The van der Waals surface area contributed by atoms with Gasteiger partial charge in [-0.25, -0.2) is 0 Å². The normalized spacial score (nSPS) is 12.3. The molecule has 0 unspecified atom stereocenters. The molecule has 0 saturated carbocycles. The molecule has 1 atom stereocenters. The summed E-state index contributed by atoms with van der Waals surface area (Å²) in [4.78, 5) is 0. The molecule has 3 aromatic carbocycles. The van der Waals surface area contributed by atoms with Crippen LogP contribution in [-0.2, 0) is 13.0 Å². The van der Waals surface area contributed by atoms with Crippen LogP contribution in [0.3, 0.4) is 0 Å². The molecule has 3 rings (SSSR count). The van der Waals surface area contributed by atoms with Gasteiger partial charge in [-0.05, 0) is 16.5 Å². The molecule has 0 saturated heterocycles. The van der Waals surface area contributed by atoms with Gasteiger partial charge in [0.05, 0.1) is 12.7 Å². The van der Waals surface area contributed by atoms with Crippen molar-refractivity contribution in [3.05, 3.63) is 77.9 Å². The summed E-state index contributed by atoms with van der Waals surface area (Å²) in [6, 6.07) is 22.0. The van der Waals surface area contributed by atoms with Gasteiger partial charge in [-0.15, -0.1) is 0 Å². The topological polar surface area (TPSA) is 49.7 Å². The smallest absolute Gasteiger partial charge is 0.130 e. The van der Waals surface area contributed by atoms with E-state index in [1.807, 2.05) is 66.7 Å². The van der Waals surface area contributed by atoms with Crippen LogP contribution in [0.5, 0.6) is 5.75 Å². The molecule has 0 radical (unpaired) electrons. The third kappa shape index (κ3) is 3.70. The zero-order valence-electron chi connectivity index (χ0n) is 12.9. The van der Waals surface area contributed by atoms with E-state index in [4.69, 9.17) is 9.84 Å². The monoisotopic (exact) mass is 308 g/mol. The lowest BCUT2D eigenvalue weighted by Crippen LogP contribution is -2.16. The average molecular weight is 308 g/mol. The highest BCUT2D eigenvalue weighted by Gasteiger charge is 2.13. The molecule has 0 fully saturated rings. The highest BCUT2D eigenvalue weighted by molar-refractivity contribution is 5.89. The van der Waals surface area contributed by atoms with Crippen molar-refractivity contribution in [2.75, 3.05) is 6.61 Å². The Labute approximate surface area is 135 Å². The molecule has 0 aromatic heterocycles. The average Bonchev–Trinajstić information content (AvgIpc) is 2.61. The van der Waals surface area contributed by atoms with Crippen LogP contribution >= 0.6 is 0 Å². The molecule has 0 heterocycles. The molecule has 0 aliphatic carbocycles. The van der Waals surface area contributed by atoms with Gasteiger partial charge in [-0.3, -0.25) is 0 Å². The lowest BCUT2D eigenvalue weighted by atomic mass is 10.0. The van der Waals surface area contributed by atoms with Crippen LogP contribution in [0.15, 0.2) is 66.7 Å². The van der Waals surface area contributed by atoms with Gasteiger partial charge in [0.15, 0.2) is 0 Å². The van der Waals surface area contributed by atoms with E-state index in [9.17, 15) is 5.11 Å². The number of hydrogen-bond donors (Lipinski definition) is 2. The van der Waals surface area contributed by atoms with Crippen molar-refractivity contribution in [3.8, 4) is 5.75 Å². The Kier molecular flexibility index (Phi) is 4.91. The second kappa shape index (κ2) is 7.27. The fourth-order valence-electron chi connectivity index (χ4n) is 2.67. The SMILES string of the molecule is OC[C@@H](O)Cc1ccc2ccccc2c1OCc1ccccc1. The third-order valence-corrected chi connectivity index (χ3v) is 3.85. The van der Waals surface area contributed by atoms with E-state index in [-0.39, 0.29) is 6.61 Å². The minimum Gasteiger partial charge on any atom is -0.488 e.